The standard InChI is InChI=1S/C13H18N6/c1-10-7-11(15-12-5-6-18(2)8-12)3-4-13(10)19-9-14-16-17-19/h3-4,7,9,12,15H,5-6,8H2,1-2H3. The van der Waals surface area contributed by atoms with Crippen molar-refractivity contribution < 1.29 is 0 Å². The van der Waals surface area contributed by atoms with E-state index in [1.54, 1.807) is 11.0 Å². The van der Waals surface area contributed by atoms with Crippen LogP contribution in [0.4, 0.5) is 5.69 Å². The maximum atomic E-state index is 3.92. The van der Waals surface area contributed by atoms with Crippen LogP contribution in [0.5, 0.6) is 0 Å². The molecule has 0 aliphatic carbocycles. The lowest BCUT2D eigenvalue weighted by atomic mass is 10.1. The highest BCUT2D eigenvalue weighted by molar-refractivity contribution is 5.53. The molecule has 0 saturated carbocycles. The Morgan fingerprint density at radius 1 is 1.37 bits per heavy atom. The van der Waals surface area contributed by atoms with Gasteiger partial charge in [-0.15, -0.1) is 5.10 Å². The second-order valence-corrected chi connectivity index (χ2v) is 5.15. The van der Waals surface area contributed by atoms with Gasteiger partial charge in [0.2, 0.25) is 0 Å². The van der Waals surface area contributed by atoms with Crippen LogP contribution in [0.2, 0.25) is 0 Å². The zero-order valence-corrected chi connectivity index (χ0v) is 11.2. The van der Waals surface area contributed by atoms with Gasteiger partial charge in [-0.1, -0.05) is 0 Å². The summed E-state index contributed by atoms with van der Waals surface area (Å²) >= 11 is 0. The highest BCUT2D eigenvalue weighted by Gasteiger charge is 2.19. The maximum absolute atomic E-state index is 3.92. The first-order valence-electron chi connectivity index (χ1n) is 6.51. The first-order valence-corrected chi connectivity index (χ1v) is 6.51. The van der Waals surface area contributed by atoms with Crippen LogP contribution in [0.3, 0.4) is 0 Å². The molecule has 0 amide bonds. The molecule has 1 unspecified atom stereocenters. The van der Waals surface area contributed by atoms with Crippen LogP contribution in [0.1, 0.15) is 12.0 Å². The highest BCUT2D eigenvalue weighted by atomic mass is 15.5. The molecule has 6 nitrogen and oxygen atoms in total. The molecule has 3 rings (SSSR count). The number of hydrogen-bond donors (Lipinski definition) is 1. The minimum absolute atomic E-state index is 0.545. The minimum Gasteiger partial charge on any atom is -0.381 e. The van der Waals surface area contributed by atoms with E-state index in [0.717, 1.165) is 23.5 Å². The lowest BCUT2D eigenvalue weighted by Gasteiger charge is -2.15. The van der Waals surface area contributed by atoms with Crippen molar-refractivity contribution in [3.8, 4) is 5.69 Å². The summed E-state index contributed by atoms with van der Waals surface area (Å²) in [6.07, 6.45) is 2.81. The van der Waals surface area contributed by atoms with Gasteiger partial charge in [0.15, 0.2) is 0 Å². The second-order valence-electron chi connectivity index (χ2n) is 5.15. The highest BCUT2D eigenvalue weighted by Crippen LogP contribution is 2.20. The van der Waals surface area contributed by atoms with Crippen LogP contribution in [0, 0.1) is 6.92 Å². The van der Waals surface area contributed by atoms with Crippen molar-refractivity contribution in [2.24, 2.45) is 0 Å². The van der Waals surface area contributed by atoms with Crippen molar-refractivity contribution in [3.05, 3.63) is 30.1 Å². The van der Waals surface area contributed by atoms with E-state index >= 15 is 0 Å². The van der Waals surface area contributed by atoms with Gasteiger partial charge in [-0.05, 0) is 61.1 Å². The fourth-order valence-electron chi connectivity index (χ4n) is 2.56. The molecule has 1 atom stereocenters. The molecule has 0 bridgehead atoms. The van der Waals surface area contributed by atoms with Gasteiger partial charge in [-0.3, -0.25) is 0 Å². The van der Waals surface area contributed by atoms with Gasteiger partial charge in [-0.2, -0.15) is 0 Å². The predicted molar refractivity (Wildman–Crippen MR) is 73.4 cm³/mol. The molecule has 1 aromatic carbocycles. The van der Waals surface area contributed by atoms with E-state index in [4.69, 9.17) is 0 Å². The van der Waals surface area contributed by atoms with Crippen molar-refractivity contribution in [2.75, 3.05) is 25.5 Å². The molecule has 1 N–H and O–H groups in total. The van der Waals surface area contributed by atoms with Gasteiger partial charge >= 0.3 is 0 Å². The Morgan fingerprint density at radius 2 is 2.26 bits per heavy atom. The fourth-order valence-corrected chi connectivity index (χ4v) is 2.56. The molecular formula is C13H18N6. The number of hydrogen-bond acceptors (Lipinski definition) is 5. The maximum Gasteiger partial charge on any atom is 0.143 e. The smallest absolute Gasteiger partial charge is 0.143 e. The van der Waals surface area contributed by atoms with Crippen LogP contribution in [-0.4, -0.2) is 51.3 Å². The third-order valence-electron chi connectivity index (χ3n) is 3.55. The minimum atomic E-state index is 0.545. The largest absolute Gasteiger partial charge is 0.381 e. The Balaban J connectivity index is 1.76. The fraction of sp³-hybridized carbons (Fsp3) is 0.462. The number of nitrogens with zero attached hydrogens (tertiary/aromatic N) is 5. The molecular weight excluding hydrogens is 240 g/mol. The van der Waals surface area contributed by atoms with Gasteiger partial charge in [0.1, 0.15) is 6.33 Å². The quantitative estimate of drug-likeness (QED) is 0.893. The Kier molecular flexibility index (Phi) is 3.16. The molecule has 1 saturated heterocycles. The van der Waals surface area contributed by atoms with E-state index in [2.05, 4.69) is 51.8 Å². The average Bonchev–Trinajstić information content (AvgIpc) is 3.01. The Labute approximate surface area is 112 Å². The van der Waals surface area contributed by atoms with E-state index in [0.29, 0.717) is 6.04 Å². The Hall–Kier alpha value is -1.95. The molecule has 2 heterocycles. The number of aromatic nitrogens is 4. The van der Waals surface area contributed by atoms with Crippen LogP contribution < -0.4 is 5.32 Å². The number of tetrazole rings is 1. The summed E-state index contributed by atoms with van der Waals surface area (Å²) in [6.45, 7) is 4.34. The molecule has 0 radical (unpaired) electrons. The zero-order chi connectivity index (χ0) is 13.2. The first kappa shape index (κ1) is 12.1. The lowest BCUT2D eigenvalue weighted by molar-refractivity contribution is 0.414. The molecule has 1 aliphatic rings. The molecule has 1 fully saturated rings. The van der Waals surface area contributed by atoms with Crippen LogP contribution in [-0.2, 0) is 0 Å². The number of likely N-dealkylation sites (N-methyl/N-ethyl adjacent to an activating group) is 1. The first-order chi connectivity index (χ1) is 9.22. The van der Waals surface area contributed by atoms with Crippen LogP contribution >= 0.6 is 0 Å². The molecule has 2 aromatic rings. The van der Waals surface area contributed by atoms with Gasteiger partial charge < -0.3 is 10.2 Å². The third kappa shape index (κ3) is 2.58. The van der Waals surface area contributed by atoms with Gasteiger partial charge in [0.05, 0.1) is 5.69 Å². The molecule has 0 spiro atoms. The Bertz CT molecular complexity index is 550. The number of aryl methyl sites for hydroxylation is 1. The van der Waals surface area contributed by atoms with E-state index in [1.165, 1.54) is 13.0 Å². The van der Waals surface area contributed by atoms with Crippen molar-refractivity contribution in [3.63, 3.8) is 0 Å². The summed E-state index contributed by atoms with van der Waals surface area (Å²) in [5, 5.41) is 14.8. The summed E-state index contributed by atoms with van der Waals surface area (Å²) in [5.41, 5.74) is 3.33. The van der Waals surface area contributed by atoms with E-state index < -0.39 is 0 Å². The third-order valence-corrected chi connectivity index (χ3v) is 3.55. The SMILES string of the molecule is Cc1cc(NC2CCN(C)C2)ccc1-n1cnnn1. The predicted octanol–water partition coefficient (Wildman–Crippen LogP) is 1.09. The molecule has 100 valence electrons. The molecule has 19 heavy (non-hydrogen) atoms. The number of nitrogens with one attached hydrogen (secondary N) is 1. The second kappa shape index (κ2) is 4.97. The van der Waals surface area contributed by atoms with Crippen LogP contribution in [0.15, 0.2) is 24.5 Å². The summed E-state index contributed by atoms with van der Waals surface area (Å²) < 4.78 is 1.68. The summed E-state index contributed by atoms with van der Waals surface area (Å²) in [4.78, 5) is 2.35. The number of likely N-dealkylation sites (tertiary alicyclic amines) is 1. The average molecular weight is 258 g/mol. The van der Waals surface area contributed by atoms with E-state index in [9.17, 15) is 0 Å². The van der Waals surface area contributed by atoms with Crippen molar-refractivity contribution in [2.45, 2.75) is 19.4 Å². The normalized spacial score (nSPS) is 19.8. The lowest BCUT2D eigenvalue weighted by Crippen LogP contribution is -2.23. The molecule has 6 heteroatoms. The summed E-state index contributed by atoms with van der Waals surface area (Å²) in [7, 11) is 2.16. The monoisotopic (exact) mass is 258 g/mol. The van der Waals surface area contributed by atoms with E-state index in [-0.39, 0.29) is 0 Å². The summed E-state index contributed by atoms with van der Waals surface area (Å²) in [5.74, 6) is 0. The topological polar surface area (TPSA) is 58.9 Å². The summed E-state index contributed by atoms with van der Waals surface area (Å²) in [6, 6.07) is 6.83. The Morgan fingerprint density at radius 3 is 2.89 bits per heavy atom. The van der Waals surface area contributed by atoms with E-state index in [1.807, 2.05) is 6.07 Å². The van der Waals surface area contributed by atoms with Gasteiger partial charge in [-0.25, -0.2) is 4.68 Å². The van der Waals surface area contributed by atoms with Crippen molar-refractivity contribution >= 4 is 5.69 Å². The molecule has 1 aliphatic heterocycles. The number of benzene rings is 1. The van der Waals surface area contributed by atoms with Gasteiger partial charge in [0.25, 0.3) is 0 Å². The molecule has 1 aromatic heterocycles. The van der Waals surface area contributed by atoms with Crippen molar-refractivity contribution in [1.29, 1.82) is 0 Å². The number of rotatable bonds is 3. The zero-order valence-electron chi connectivity index (χ0n) is 11.2. The van der Waals surface area contributed by atoms with Crippen molar-refractivity contribution in [1.82, 2.24) is 25.1 Å². The number of anilines is 1. The van der Waals surface area contributed by atoms with Gasteiger partial charge in [0, 0.05) is 18.3 Å². The van der Waals surface area contributed by atoms with Crippen LogP contribution in [0.25, 0.3) is 5.69 Å².